The van der Waals surface area contributed by atoms with Gasteiger partial charge < -0.3 is 5.11 Å². The maximum Gasteiger partial charge on any atom is 0.148 e. The average molecular weight is 226 g/mol. The summed E-state index contributed by atoms with van der Waals surface area (Å²) in [4.78, 5) is 0. The molecule has 1 unspecified atom stereocenters. The van der Waals surface area contributed by atoms with Gasteiger partial charge in [-0.25, -0.2) is 8.42 Å². The monoisotopic (exact) mass is 226 g/mol. The van der Waals surface area contributed by atoms with Gasteiger partial charge in [0.1, 0.15) is 9.84 Å². The summed E-state index contributed by atoms with van der Waals surface area (Å²) >= 11 is 1.48. The van der Waals surface area contributed by atoms with Gasteiger partial charge in [-0.15, -0.1) is 0 Å². The average Bonchev–Trinajstić information content (AvgIpc) is 1.97. The van der Waals surface area contributed by atoms with E-state index in [0.29, 0.717) is 17.9 Å². The molecule has 0 aromatic heterocycles. The summed E-state index contributed by atoms with van der Waals surface area (Å²) in [6.45, 7) is 3.68. The molecule has 0 aliphatic rings. The van der Waals surface area contributed by atoms with E-state index < -0.39 is 15.4 Å². The van der Waals surface area contributed by atoms with Gasteiger partial charge in [0, 0.05) is 17.8 Å². The lowest BCUT2D eigenvalue weighted by Gasteiger charge is -2.20. The number of hydrogen-bond acceptors (Lipinski definition) is 4. The molecule has 1 atom stereocenters. The van der Waals surface area contributed by atoms with Crippen LogP contribution in [0.3, 0.4) is 0 Å². The largest absolute Gasteiger partial charge is 0.389 e. The SMILES string of the molecule is CCC(C)(O)CSCCS(C)(=O)=O. The minimum atomic E-state index is -2.85. The molecule has 1 N–H and O–H groups in total. The molecule has 0 rings (SSSR count). The Kier molecular flexibility index (Phi) is 5.32. The second-order valence-electron chi connectivity index (χ2n) is 3.53. The van der Waals surface area contributed by atoms with Crippen molar-refractivity contribution in [2.45, 2.75) is 25.9 Å². The molecule has 0 saturated carbocycles. The Morgan fingerprint density at radius 2 is 2.00 bits per heavy atom. The second-order valence-corrected chi connectivity index (χ2v) is 6.90. The maximum atomic E-state index is 10.7. The lowest BCUT2D eigenvalue weighted by Crippen LogP contribution is -2.26. The van der Waals surface area contributed by atoms with Crippen LogP contribution in [0.5, 0.6) is 0 Å². The number of aliphatic hydroxyl groups is 1. The second kappa shape index (κ2) is 5.22. The lowest BCUT2D eigenvalue weighted by atomic mass is 10.1. The van der Waals surface area contributed by atoms with E-state index in [-0.39, 0.29) is 5.75 Å². The Balaban J connectivity index is 3.58. The van der Waals surface area contributed by atoms with Gasteiger partial charge in [0.25, 0.3) is 0 Å². The highest BCUT2D eigenvalue weighted by atomic mass is 32.2. The first-order chi connectivity index (χ1) is 5.77. The molecule has 0 bridgehead atoms. The molecule has 80 valence electrons. The van der Waals surface area contributed by atoms with Crippen LogP contribution in [0.25, 0.3) is 0 Å². The third-order valence-corrected chi connectivity index (χ3v) is 4.30. The van der Waals surface area contributed by atoms with Crippen LogP contribution in [0.2, 0.25) is 0 Å². The van der Waals surface area contributed by atoms with Crippen molar-refractivity contribution in [2.24, 2.45) is 0 Å². The molecule has 0 aromatic carbocycles. The van der Waals surface area contributed by atoms with E-state index in [1.54, 1.807) is 6.92 Å². The number of sulfone groups is 1. The van der Waals surface area contributed by atoms with Gasteiger partial charge in [0.2, 0.25) is 0 Å². The van der Waals surface area contributed by atoms with Gasteiger partial charge in [-0.05, 0) is 13.3 Å². The molecule has 0 radical (unpaired) electrons. The summed E-state index contributed by atoms with van der Waals surface area (Å²) < 4.78 is 21.5. The van der Waals surface area contributed by atoms with Crippen LogP contribution in [0.1, 0.15) is 20.3 Å². The molecule has 0 aliphatic carbocycles. The summed E-state index contributed by atoms with van der Waals surface area (Å²) in [6, 6.07) is 0. The van der Waals surface area contributed by atoms with Crippen LogP contribution in [0.4, 0.5) is 0 Å². The van der Waals surface area contributed by atoms with Crippen molar-refractivity contribution in [3.05, 3.63) is 0 Å². The summed E-state index contributed by atoms with van der Waals surface area (Å²) in [7, 11) is -2.85. The summed E-state index contributed by atoms with van der Waals surface area (Å²) in [5, 5.41) is 9.58. The molecule has 0 saturated heterocycles. The Labute approximate surface area is 84.8 Å². The smallest absolute Gasteiger partial charge is 0.148 e. The van der Waals surface area contributed by atoms with Crippen molar-refractivity contribution in [2.75, 3.05) is 23.5 Å². The number of rotatable bonds is 6. The summed E-state index contributed by atoms with van der Waals surface area (Å²) in [5.41, 5.74) is -0.665. The standard InChI is InChI=1S/C8H18O3S2/c1-4-8(2,9)7-12-5-6-13(3,10)11/h9H,4-7H2,1-3H3. The van der Waals surface area contributed by atoms with Crippen molar-refractivity contribution >= 4 is 21.6 Å². The van der Waals surface area contributed by atoms with Crippen molar-refractivity contribution < 1.29 is 13.5 Å². The minimum absolute atomic E-state index is 0.192. The van der Waals surface area contributed by atoms with Crippen LogP contribution < -0.4 is 0 Å². The fraction of sp³-hybridized carbons (Fsp3) is 1.00. The van der Waals surface area contributed by atoms with E-state index in [1.165, 1.54) is 18.0 Å². The predicted octanol–water partition coefficient (Wildman–Crippen LogP) is 0.925. The maximum absolute atomic E-state index is 10.7. The van der Waals surface area contributed by atoms with Crippen LogP contribution in [0.15, 0.2) is 0 Å². The molecule has 0 amide bonds. The van der Waals surface area contributed by atoms with Gasteiger partial charge in [-0.2, -0.15) is 11.8 Å². The Hall–Kier alpha value is 0.260. The first kappa shape index (κ1) is 13.3. The molecule has 0 aromatic rings. The highest BCUT2D eigenvalue weighted by molar-refractivity contribution is 8.00. The zero-order chi connectivity index (χ0) is 10.5. The van der Waals surface area contributed by atoms with Gasteiger partial charge in [-0.3, -0.25) is 0 Å². The van der Waals surface area contributed by atoms with Gasteiger partial charge in [0.15, 0.2) is 0 Å². The highest BCUT2D eigenvalue weighted by Gasteiger charge is 2.17. The van der Waals surface area contributed by atoms with Gasteiger partial charge in [0.05, 0.1) is 11.4 Å². The summed E-state index contributed by atoms with van der Waals surface area (Å²) in [6.07, 6.45) is 1.92. The molecule has 13 heavy (non-hydrogen) atoms. The van der Waals surface area contributed by atoms with E-state index in [9.17, 15) is 13.5 Å². The molecule has 0 fully saturated rings. The molecule has 3 nitrogen and oxygen atoms in total. The molecule has 0 heterocycles. The van der Waals surface area contributed by atoms with Crippen LogP contribution >= 0.6 is 11.8 Å². The van der Waals surface area contributed by atoms with Crippen molar-refractivity contribution in [1.82, 2.24) is 0 Å². The number of hydrogen-bond donors (Lipinski definition) is 1. The van der Waals surface area contributed by atoms with E-state index in [2.05, 4.69) is 0 Å². The molecular formula is C8H18O3S2. The normalized spacial score (nSPS) is 16.9. The zero-order valence-corrected chi connectivity index (χ0v) is 10.0. The van der Waals surface area contributed by atoms with E-state index in [4.69, 9.17) is 0 Å². The van der Waals surface area contributed by atoms with Gasteiger partial charge in [-0.1, -0.05) is 6.92 Å². The summed E-state index contributed by atoms with van der Waals surface area (Å²) in [5.74, 6) is 1.35. The minimum Gasteiger partial charge on any atom is -0.389 e. The van der Waals surface area contributed by atoms with Crippen molar-refractivity contribution in [3.63, 3.8) is 0 Å². The first-order valence-corrected chi connectivity index (χ1v) is 7.46. The van der Waals surface area contributed by atoms with E-state index >= 15 is 0 Å². The van der Waals surface area contributed by atoms with E-state index in [1.807, 2.05) is 6.92 Å². The fourth-order valence-electron chi connectivity index (χ4n) is 0.604. The van der Waals surface area contributed by atoms with E-state index in [0.717, 1.165) is 0 Å². The molecule has 0 aliphatic heterocycles. The molecule has 5 heteroatoms. The Morgan fingerprint density at radius 1 is 1.46 bits per heavy atom. The topological polar surface area (TPSA) is 54.4 Å². The fourth-order valence-corrected chi connectivity index (χ4v) is 3.08. The van der Waals surface area contributed by atoms with Crippen molar-refractivity contribution in [3.8, 4) is 0 Å². The molecule has 0 spiro atoms. The van der Waals surface area contributed by atoms with Crippen LogP contribution in [-0.4, -0.2) is 42.6 Å². The van der Waals surface area contributed by atoms with Crippen LogP contribution in [0, 0.1) is 0 Å². The number of thioether (sulfide) groups is 1. The highest BCUT2D eigenvalue weighted by Crippen LogP contribution is 2.16. The molecular weight excluding hydrogens is 208 g/mol. The zero-order valence-electron chi connectivity index (χ0n) is 8.41. The van der Waals surface area contributed by atoms with Gasteiger partial charge >= 0.3 is 0 Å². The quantitative estimate of drug-likeness (QED) is 0.684. The first-order valence-electron chi connectivity index (χ1n) is 4.25. The lowest BCUT2D eigenvalue weighted by molar-refractivity contribution is 0.0816. The third-order valence-electron chi connectivity index (χ3n) is 1.77. The Morgan fingerprint density at radius 3 is 2.38 bits per heavy atom. The van der Waals surface area contributed by atoms with Crippen molar-refractivity contribution in [1.29, 1.82) is 0 Å². The Bertz CT molecular complexity index is 232. The third kappa shape index (κ3) is 8.59. The predicted molar refractivity (Wildman–Crippen MR) is 58.0 cm³/mol. The van der Waals surface area contributed by atoms with Crippen LogP contribution in [-0.2, 0) is 9.84 Å².